The molecule has 1 aromatic carbocycles. The second-order valence-electron chi connectivity index (χ2n) is 11.0. The zero-order valence-electron chi connectivity index (χ0n) is 21.6. The van der Waals surface area contributed by atoms with Gasteiger partial charge < -0.3 is 5.11 Å². The summed E-state index contributed by atoms with van der Waals surface area (Å²) < 4.78 is 25.8. The molecule has 0 spiro atoms. The van der Waals surface area contributed by atoms with E-state index in [1.807, 2.05) is 37.3 Å². The zero-order chi connectivity index (χ0) is 26.7. The van der Waals surface area contributed by atoms with Crippen LogP contribution in [0.2, 0.25) is 5.15 Å². The normalized spacial score (nSPS) is 22.5. The summed E-state index contributed by atoms with van der Waals surface area (Å²) in [4.78, 5) is 17.5. The Morgan fingerprint density at radius 1 is 1.27 bits per heavy atom. The fraction of sp³-hybridized carbons (Fsp3) is 0.464. The van der Waals surface area contributed by atoms with E-state index < -0.39 is 15.8 Å². The Labute approximate surface area is 222 Å². The Morgan fingerprint density at radius 2 is 2.00 bits per heavy atom. The molecular formula is C28H32ClN3O4S. The number of aromatic nitrogens is 3. The maximum atomic E-state index is 12.6. The van der Waals surface area contributed by atoms with Crippen LogP contribution in [0.4, 0.5) is 0 Å². The summed E-state index contributed by atoms with van der Waals surface area (Å²) in [5.74, 6) is -0.561. The quantitative estimate of drug-likeness (QED) is 0.425. The van der Waals surface area contributed by atoms with Gasteiger partial charge in [0.05, 0.1) is 40.0 Å². The van der Waals surface area contributed by atoms with Crippen LogP contribution in [0.3, 0.4) is 0 Å². The van der Waals surface area contributed by atoms with Gasteiger partial charge in [-0.3, -0.25) is 0 Å². The number of para-hydroxylation sites is 1. The van der Waals surface area contributed by atoms with Crippen molar-refractivity contribution in [3.8, 4) is 0 Å². The molecule has 7 nitrogen and oxygen atoms in total. The molecular weight excluding hydrogens is 510 g/mol. The lowest BCUT2D eigenvalue weighted by atomic mass is 9.67. The largest absolute Gasteiger partial charge is 0.478 e. The highest BCUT2D eigenvalue weighted by Gasteiger charge is 2.37. The van der Waals surface area contributed by atoms with E-state index in [1.54, 1.807) is 4.68 Å². The lowest BCUT2D eigenvalue weighted by Gasteiger charge is -2.38. The molecule has 3 aromatic rings. The van der Waals surface area contributed by atoms with Crippen molar-refractivity contribution >= 4 is 50.0 Å². The fourth-order valence-electron chi connectivity index (χ4n) is 5.69. The molecule has 37 heavy (non-hydrogen) atoms. The van der Waals surface area contributed by atoms with Crippen LogP contribution in [0.15, 0.2) is 24.3 Å². The van der Waals surface area contributed by atoms with Crippen molar-refractivity contribution in [3.63, 3.8) is 0 Å². The van der Waals surface area contributed by atoms with Gasteiger partial charge in [-0.05, 0) is 60.8 Å². The third-order valence-electron chi connectivity index (χ3n) is 8.39. The first kappa shape index (κ1) is 25.9. The number of halogens is 1. The van der Waals surface area contributed by atoms with Gasteiger partial charge in [-0.25, -0.2) is 22.9 Å². The minimum absolute atomic E-state index is 0.0145. The first-order chi connectivity index (χ1) is 17.4. The second-order valence-corrected chi connectivity index (χ2v) is 13.6. The van der Waals surface area contributed by atoms with Gasteiger partial charge in [0.15, 0.2) is 9.84 Å². The van der Waals surface area contributed by atoms with E-state index in [4.69, 9.17) is 16.6 Å². The highest BCUT2D eigenvalue weighted by atomic mass is 35.5. The van der Waals surface area contributed by atoms with Crippen LogP contribution in [-0.4, -0.2) is 45.8 Å². The number of nitrogens with zero attached hydrogens (tertiary/aromatic N) is 3. The van der Waals surface area contributed by atoms with Gasteiger partial charge in [-0.15, -0.1) is 0 Å². The van der Waals surface area contributed by atoms with Crippen LogP contribution >= 0.6 is 11.6 Å². The number of hydrogen-bond acceptors (Lipinski definition) is 5. The van der Waals surface area contributed by atoms with E-state index in [0.717, 1.165) is 29.5 Å². The monoisotopic (exact) mass is 541 g/mol. The summed E-state index contributed by atoms with van der Waals surface area (Å²) in [5.41, 5.74) is 4.78. The maximum absolute atomic E-state index is 12.6. The molecule has 1 fully saturated rings. The Bertz CT molecular complexity index is 1560. The van der Waals surface area contributed by atoms with E-state index in [9.17, 15) is 18.3 Å². The van der Waals surface area contributed by atoms with E-state index in [-0.39, 0.29) is 28.9 Å². The van der Waals surface area contributed by atoms with Crippen LogP contribution in [0.25, 0.3) is 22.6 Å². The van der Waals surface area contributed by atoms with Crippen molar-refractivity contribution in [2.75, 3.05) is 11.5 Å². The third kappa shape index (κ3) is 4.59. The first-order valence-electron chi connectivity index (χ1n) is 12.7. The number of allylic oxidation sites excluding steroid dienone is 1. The van der Waals surface area contributed by atoms with Crippen molar-refractivity contribution in [2.45, 2.75) is 59.4 Å². The number of hydrogen-bond donors (Lipinski definition) is 1. The average molecular weight is 542 g/mol. The molecule has 1 saturated heterocycles. The minimum atomic E-state index is -3.09. The standard InChI is InChI=1S/C28H32ClN3O4S/c1-5-28(3,4)18-12-17(13-21-16(2)31-32(26(21)29)19-10-11-37(35,36)15-19)25-22(14-18)24(27(33)34)20-8-6-7-9-23(20)30-25/h6-9,13,18-19H,5,10-12,14-15H2,1-4H3,(H,33,34). The van der Waals surface area contributed by atoms with Crippen LogP contribution < -0.4 is 0 Å². The second kappa shape index (κ2) is 9.24. The van der Waals surface area contributed by atoms with Gasteiger partial charge in [0.2, 0.25) is 0 Å². The lowest BCUT2D eigenvalue weighted by molar-refractivity contribution is 0.0696. The van der Waals surface area contributed by atoms with E-state index in [0.29, 0.717) is 45.8 Å². The fourth-order valence-corrected chi connectivity index (χ4v) is 7.75. The summed E-state index contributed by atoms with van der Waals surface area (Å²) in [6, 6.07) is 7.10. The summed E-state index contributed by atoms with van der Waals surface area (Å²) in [6.07, 6.45) is 4.81. The van der Waals surface area contributed by atoms with Crippen molar-refractivity contribution in [1.29, 1.82) is 0 Å². The number of aryl methyl sites for hydroxylation is 1. The molecule has 9 heteroatoms. The van der Waals surface area contributed by atoms with Gasteiger partial charge in [-0.1, -0.05) is 57.0 Å². The topological polar surface area (TPSA) is 102 Å². The van der Waals surface area contributed by atoms with Crippen molar-refractivity contribution in [2.24, 2.45) is 11.3 Å². The van der Waals surface area contributed by atoms with Crippen molar-refractivity contribution in [1.82, 2.24) is 14.8 Å². The van der Waals surface area contributed by atoms with Gasteiger partial charge in [-0.2, -0.15) is 5.10 Å². The number of aromatic carboxylic acids is 1. The molecule has 2 atom stereocenters. The molecule has 196 valence electrons. The van der Waals surface area contributed by atoms with Crippen LogP contribution in [-0.2, 0) is 16.3 Å². The Kier molecular flexibility index (Phi) is 6.47. The van der Waals surface area contributed by atoms with E-state index >= 15 is 0 Å². The molecule has 0 radical (unpaired) electrons. The number of rotatable bonds is 5. The number of sulfone groups is 1. The predicted octanol–water partition coefficient (Wildman–Crippen LogP) is 5.99. The smallest absolute Gasteiger partial charge is 0.336 e. The molecule has 0 saturated carbocycles. The van der Waals surface area contributed by atoms with Gasteiger partial charge in [0.1, 0.15) is 5.15 Å². The Morgan fingerprint density at radius 3 is 2.65 bits per heavy atom. The molecule has 1 N–H and O–H groups in total. The van der Waals surface area contributed by atoms with Crippen molar-refractivity contribution < 1.29 is 18.3 Å². The zero-order valence-corrected chi connectivity index (χ0v) is 23.2. The lowest BCUT2D eigenvalue weighted by Crippen LogP contribution is -2.30. The molecule has 3 heterocycles. The maximum Gasteiger partial charge on any atom is 0.336 e. The number of benzene rings is 1. The third-order valence-corrected chi connectivity index (χ3v) is 10.5. The van der Waals surface area contributed by atoms with Gasteiger partial charge >= 0.3 is 5.97 Å². The minimum Gasteiger partial charge on any atom is -0.478 e. The summed E-state index contributed by atoms with van der Waals surface area (Å²) in [7, 11) is -3.09. The highest BCUT2D eigenvalue weighted by molar-refractivity contribution is 7.91. The van der Waals surface area contributed by atoms with Crippen LogP contribution in [0, 0.1) is 18.3 Å². The van der Waals surface area contributed by atoms with Crippen molar-refractivity contribution in [3.05, 3.63) is 57.5 Å². The molecule has 5 rings (SSSR count). The molecule has 2 unspecified atom stereocenters. The molecule has 1 aliphatic carbocycles. The van der Waals surface area contributed by atoms with E-state index in [2.05, 4.69) is 25.9 Å². The molecule has 0 amide bonds. The predicted molar refractivity (Wildman–Crippen MR) is 147 cm³/mol. The van der Waals surface area contributed by atoms with Gasteiger partial charge in [0, 0.05) is 10.9 Å². The van der Waals surface area contributed by atoms with Crippen LogP contribution in [0.1, 0.15) is 78.9 Å². The number of carboxylic acid groups (broad SMARTS) is 1. The first-order valence-corrected chi connectivity index (χ1v) is 14.9. The summed E-state index contributed by atoms with van der Waals surface area (Å²) in [5, 5.41) is 16.0. The summed E-state index contributed by atoms with van der Waals surface area (Å²) in [6.45, 7) is 8.49. The Hall–Kier alpha value is -2.71. The number of fused-ring (bicyclic) bond motifs is 2. The molecule has 2 aliphatic rings. The van der Waals surface area contributed by atoms with Crippen LogP contribution in [0.5, 0.6) is 0 Å². The summed E-state index contributed by atoms with van der Waals surface area (Å²) >= 11 is 6.83. The highest BCUT2D eigenvalue weighted by Crippen LogP contribution is 2.46. The average Bonchev–Trinajstić information content (AvgIpc) is 3.35. The number of carbonyl (C=O) groups is 1. The molecule has 0 bridgehead atoms. The van der Waals surface area contributed by atoms with Gasteiger partial charge in [0.25, 0.3) is 0 Å². The molecule has 1 aliphatic heterocycles. The molecule has 2 aromatic heterocycles. The Balaban J connectivity index is 1.71. The number of carboxylic acids is 1. The SMILES string of the molecule is CCC(C)(C)C1CC(=Cc2c(C)nn(C3CCS(=O)(=O)C3)c2Cl)c2nc3ccccc3c(C(=O)O)c2C1. The number of pyridine rings is 1. The van der Waals surface area contributed by atoms with E-state index in [1.165, 1.54) is 0 Å².